The molecule has 1 aromatic rings. The van der Waals surface area contributed by atoms with E-state index in [0.717, 1.165) is 11.3 Å². The molecule has 1 rings (SSSR count). The highest BCUT2D eigenvalue weighted by atomic mass is 16.5. The number of amides is 1. The van der Waals surface area contributed by atoms with Crippen molar-refractivity contribution in [3.63, 3.8) is 0 Å². The van der Waals surface area contributed by atoms with Gasteiger partial charge in [-0.3, -0.25) is 4.79 Å². The molecule has 4 heteroatoms. The van der Waals surface area contributed by atoms with Gasteiger partial charge in [0, 0.05) is 12.5 Å². The molecule has 0 aliphatic rings. The molecule has 0 saturated heterocycles. The van der Waals surface area contributed by atoms with Crippen molar-refractivity contribution in [2.45, 2.75) is 38.8 Å². The van der Waals surface area contributed by atoms with Gasteiger partial charge in [-0.1, -0.05) is 12.1 Å². The first-order chi connectivity index (χ1) is 7.99. The van der Waals surface area contributed by atoms with Crippen molar-refractivity contribution in [3.05, 3.63) is 29.8 Å². The minimum atomic E-state index is -0.319. The zero-order valence-electron chi connectivity index (χ0n) is 10.3. The van der Waals surface area contributed by atoms with Crippen molar-refractivity contribution >= 4 is 5.91 Å². The first-order valence-corrected chi connectivity index (χ1v) is 5.79. The van der Waals surface area contributed by atoms with Gasteiger partial charge in [-0.15, -0.1) is 0 Å². The van der Waals surface area contributed by atoms with Crippen LogP contribution < -0.4 is 16.2 Å². The van der Waals surface area contributed by atoms with E-state index in [9.17, 15) is 4.79 Å². The second-order valence-electron chi connectivity index (χ2n) is 4.35. The molecule has 0 aliphatic heterocycles. The molecular weight excluding hydrogens is 216 g/mol. The molecule has 4 N–H and O–H groups in total. The van der Waals surface area contributed by atoms with Crippen molar-refractivity contribution < 1.29 is 9.53 Å². The lowest BCUT2D eigenvalue weighted by Crippen LogP contribution is -2.16. The van der Waals surface area contributed by atoms with Crippen LogP contribution in [0.1, 0.15) is 38.3 Å². The molecule has 4 nitrogen and oxygen atoms in total. The van der Waals surface area contributed by atoms with E-state index in [4.69, 9.17) is 16.2 Å². The van der Waals surface area contributed by atoms with Gasteiger partial charge in [0.05, 0.1) is 6.10 Å². The van der Waals surface area contributed by atoms with Crippen LogP contribution in [-0.4, -0.2) is 12.0 Å². The van der Waals surface area contributed by atoms with E-state index >= 15 is 0 Å². The van der Waals surface area contributed by atoms with Gasteiger partial charge in [0.2, 0.25) is 5.91 Å². The summed E-state index contributed by atoms with van der Waals surface area (Å²) in [6.07, 6.45) is 1.04. The zero-order chi connectivity index (χ0) is 12.8. The van der Waals surface area contributed by atoms with Gasteiger partial charge >= 0.3 is 0 Å². The topological polar surface area (TPSA) is 78.3 Å². The van der Waals surface area contributed by atoms with Gasteiger partial charge in [-0.05, 0) is 38.0 Å². The predicted octanol–water partition coefficient (Wildman–Crippen LogP) is 1.74. The molecule has 1 atom stereocenters. The van der Waals surface area contributed by atoms with Gasteiger partial charge in [0.1, 0.15) is 5.75 Å². The van der Waals surface area contributed by atoms with Crippen LogP contribution >= 0.6 is 0 Å². The van der Waals surface area contributed by atoms with Gasteiger partial charge in [-0.2, -0.15) is 0 Å². The van der Waals surface area contributed by atoms with Crippen LogP contribution in [0.2, 0.25) is 0 Å². The highest BCUT2D eigenvalue weighted by Crippen LogP contribution is 2.20. The maximum absolute atomic E-state index is 10.7. The van der Waals surface area contributed by atoms with Gasteiger partial charge in [-0.25, -0.2) is 0 Å². The Hall–Kier alpha value is -1.55. The van der Waals surface area contributed by atoms with Crippen LogP contribution in [0.3, 0.4) is 0 Å². The van der Waals surface area contributed by atoms with Gasteiger partial charge < -0.3 is 16.2 Å². The van der Waals surface area contributed by atoms with Gasteiger partial charge in [0.25, 0.3) is 0 Å². The molecule has 94 valence electrons. The van der Waals surface area contributed by atoms with E-state index in [2.05, 4.69) is 0 Å². The van der Waals surface area contributed by atoms with Crippen LogP contribution in [0.4, 0.5) is 0 Å². The lowest BCUT2D eigenvalue weighted by atomic mass is 10.0. The molecule has 17 heavy (non-hydrogen) atoms. The first kappa shape index (κ1) is 13.5. The van der Waals surface area contributed by atoms with E-state index < -0.39 is 0 Å². The second-order valence-corrected chi connectivity index (χ2v) is 4.35. The molecular formula is C13H20N2O2. The van der Waals surface area contributed by atoms with Crippen molar-refractivity contribution in [1.29, 1.82) is 0 Å². The van der Waals surface area contributed by atoms with E-state index in [1.807, 2.05) is 38.1 Å². The SMILES string of the molecule is CC(C)Oc1ccc(C(N)CCC(N)=O)cc1. The fourth-order valence-corrected chi connectivity index (χ4v) is 1.53. The number of rotatable bonds is 6. The van der Waals surface area contributed by atoms with Crippen molar-refractivity contribution in [2.75, 3.05) is 0 Å². The highest BCUT2D eigenvalue weighted by Gasteiger charge is 2.08. The van der Waals surface area contributed by atoms with Crippen LogP contribution in [0.15, 0.2) is 24.3 Å². The molecule has 1 unspecified atom stereocenters. The Kier molecular flexibility index (Phi) is 4.97. The lowest BCUT2D eigenvalue weighted by molar-refractivity contribution is -0.118. The third-order valence-corrected chi connectivity index (χ3v) is 2.38. The fraction of sp³-hybridized carbons (Fsp3) is 0.462. The minimum Gasteiger partial charge on any atom is -0.491 e. The Balaban J connectivity index is 2.57. The molecule has 0 spiro atoms. The summed E-state index contributed by atoms with van der Waals surface area (Å²) < 4.78 is 5.53. The summed E-state index contributed by atoms with van der Waals surface area (Å²) in [4.78, 5) is 10.7. The molecule has 0 fully saturated rings. The van der Waals surface area contributed by atoms with E-state index in [0.29, 0.717) is 12.8 Å². The number of hydrogen-bond donors (Lipinski definition) is 2. The number of hydrogen-bond acceptors (Lipinski definition) is 3. The van der Waals surface area contributed by atoms with E-state index in [1.54, 1.807) is 0 Å². The summed E-state index contributed by atoms with van der Waals surface area (Å²) in [6, 6.07) is 7.46. The summed E-state index contributed by atoms with van der Waals surface area (Å²) in [5.41, 5.74) is 12.0. The van der Waals surface area contributed by atoms with Crippen molar-refractivity contribution in [1.82, 2.24) is 0 Å². The Morgan fingerprint density at radius 3 is 2.35 bits per heavy atom. The maximum atomic E-state index is 10.7. The molecule has 1 amide bonds. The quantitative estimate of drug-likeness (QED) is 0.789. The third-order valence-electron chi connectivity index (χ3n) is 2.38. The summed E-state index contributed by atoms with van der Waals surface area (Å²) in [5, 5.41) is 0. The second kappa shape index (κ2) is 6.25. The average Bonchev–Trinajstić information content (AvgIpc) is 2.26. The molecule has 0 bridgehead atoms. The number of benzene rings is 1. The van der Waals surface area contributed by atoms with Gasteiger partial charge in [0.15, 0.2) is 0 Å². The molecule has 0 aliphatic carbocycles. The van der Waals surface area contributed by atoms with Crippen molar-refractivity contribution in [2.24, 2.45) is 11.5 Å². The van der Waals surface area contributed by atoms with Crippen LogP contribution in [0.5, 0.6) is 5.75 Å². The number of carbonyl (C=O) groups is 1. The average molecular weight is 236 g/mol. The van der Waals surface area contributed by atoms with Crippen molar-refractivity contribution in [3.8, 4) is 5.75 Å². The smallest absolute Gasteiger partial charge is 0.217 e. The summed E-state index contributed by atoms with van der Waals surface area (Å²) in [7, 11) is 0. The summed E-state index contributed by atoms with van der Waals surface area (Å²) in [5.74, 6) is 0.506. The number of carbonyl (C=O) groups excluding carboxylic acids is 1. The molecule has 0 saturated carbocycles. The largest absolute Gasteiger partial charge is 0.491 e. The molecule has 1 aromatic carbocycles. The molecule has 0 aromatic heterocycles. The maximum Gasteiger partial charge on any atom is 0.217 e. The number of ether oxygens (including phenoxy) is 1. The molecule has 0 heterocycles. The Labute approximate surface area is 102 Å². The Bertz CT molecular complexity index is 360. The highest BCUT2D eigenvalue weighted by molar-refractivity contribution is 5.73. The molecule has 0 radical (unpaired) electrons. The minimum absolute atomic E-state index is 0.157. The summed E-state index contributed by atoms with van der Waals surface area (Å²) >= 11 is 0. The normalized spacial score (nSPS) is 12.5. The van der Waals surface area contributed by atoms with Crippen LogP contribution in [-0.2, 0) is 4.79 Å². The predicted molar refractivity (Wildman–Crippen MR) is 67.6 cm³/mol. The lowest BCUT2D eigenvalue weighted by Gasteiger charge is -2.13. The monoisotopic (exact) mass is 236 g/mol. The van der Waals surface area contributed by atoms with E-state index in [1.165, 1.54) is 0 Å². The third kappa shape index (κ3) is 4.87. The number of primary amides is 1. The van der Waals surface area contributed by atoms with Crippen LogP contribution in [0, 0.1) is 0 Å². The first-order valence-electron chi connectivity index (χ1n) is 5.79. The van der Waals surface area contributed by atoms with Crippen LogP contribution in [0.25, 0.3) is 0 Å². The fourth-order valence-electron chi connectivity index (χ4n) is 1.53. The Morgan fingerprint density at radius 1 is 1.29 bits per heavy atom. The standard InChI is InChI=1S/C13H20N2O2/c1-9(2)17-11-5-3-10(4-6-11)12(14)7-8-13(15)16/h3-6,9,12H,7-8,14H2,1-2H3,(H2,15,16). The van der Waals surface area contributed by atoms with E-state index in [-0.39, 0.29) is 18.1 Å². The number of nitrogens with two attached hydrogens (primary N) is 2. The Morgan fingerprint density at radius 2 is 1.88 bits per heavy atom. The zero-order valence-corrected chi connectivity index (χ0v) is 10.3. The summed E-state index contributed by atoms with van der Waals surface area (Å²) in [6.45, 7) is 3.96.